The molecule has 2 aliphatic heterocycles. The van der Waals surface area contributed by atoms with Crippen LogP contribution in [0, 0.1) is 17.7 Å². The molecule has 0 aromatic heterocycles. The van der Waals surface area contributed by atoms with Gasteiger partial charge >= 0.3 is 5.97 Å². The van der Waals surface area contributed by atoms with Gasteiger partial charge in [-0.2, -0.15) is 0 Å². The molecule has 2 N–H and O–H groups in total. The number of hydrogen-bond donors (Lipinski definition) is 2. The average Bonchev–Trinajstić information content (AvgIpc) is 3.10. The number of carbonyl (C=O) groups is 4. The van der Waals surface area contributed by atoms with Crippen LogP contribution in [0.25, 0.3) is 0 Å². The Morgan fingerprint density at radius 1 is 1.14 bits per heavy atom. The van der Waals surface area contributed by atoms with Gasteiger partial charge in [-0.15, -0.1) is 0 Å². The first-order valence-electron chi connectivity index (χ1n) is 9.64. The van der Waals surface area contributed by atoms with Crippen LogP contribution < -0.4 is 10.2 Å². The minimum atomic E-state index is -0.852. The van der Waals surface area contributed by atoms with Gasteiger partial charge in [0.05, 0.1) is 11.8 Å². The van der Waals surface area contributed by atoms with Crippen molar-refractivity contribution in [3.8, 4) is 0 Å². The lowest BCUT2D eigenvalue weighted by molar-refractivity contribution is -0.146. The standard InChI is InChI=1S/C20H24FN3O5/c1-12(19(27)23-8-6-13(7-9-23)20(28)29)22-18(26)14-10-17(25)24(11-14)16-4-2-15(21)3-5-16/h2-5,12-14H,6-11H2,1H3,(H,22,26)(H,28,29)/t12-,14+/m0/s1. The van der Waals surface area contributed by atoms with Crippen LogP contribution in [0.4, 0.5) is 10.1 Å². The van der Waals surface area contributed by atoms with Gasteiger partial charge in [-0.3, -0.25) is 19.2 Å². The number of anilines is 1. The number of carbonyl (C=O) groups excluding carboxylic acids is 3. The van der Waals surface area contributed by atoms with Crippen molar-refractivity contribution in [3.05, 3.63) is 30.1 Å². The molecule has 2 aliphatic rings. The highest BCUT2D eigenvalue weighted by Gasteiger charge is 2.37. The van der Waals surface area contributed by atoms with Gasteiger partial charge in [0.1, 0.15) is 11.9 Å². The second kappa shape index (κ2) is 8.59. The van der Waals surface area contributed by atoms with Gasteiger partial charge in [0.15, 0.2) is 0 Å². The molecule has 2 fully saturated rings. The molecule has 0 aliphatic carbocycles. The number of hydrogen-bond acceptors (Lipinski definition) is 4. The third kappa shape index (κ3) is 4.72. The second-order valence-corrected chi connectivity index (χ2v) is 7.55. The molecular formula is C20H24FN3O5. The number of nitrogens with zero attached hydrogens (tertiary/aromatic N) is 2. The first kappa shape index (κ1) is 20.8. The number of carboxylic acids is 1. The Labute approximate surface area is 167 Å². The number of amides is 3. The zero-order valence-electron chi connectivity index (χ0n) is 16.1. The van der Waals surface area contributed by atoms with E-state index in [1.54, 1.807) is 11.8 Å². The van der Waals surface area contributed by atoms with E-state index < -0.39 is 29.7 Å². The number of halogens is 1. The number of carboxylic acid groups (broad SMARTS) is 1. The minimum Gasteiger partial charge on any atom is -0.481 e. The highest BCUT2D eigenvalue weighted by molar-refractivity contribution is 6.01. The van der Waals surface area contributed by atoms with E-state index in [-0.39, 0.29) is 30.7 Å². The summed E-state index contributed by atoms with van der Waals surface area (Å²) < 4.78 is 13.1. The number of aliphatic carboxylic acids is 1. The fraction of sp³-hybridized carbons (Fsp3) is 0.500. The van der Waals surface area contributed by atoms with Crippen molar-refractivity contribution in [1.29, 1.82) is 0 Å². The molecule has 9 heteroatoms. The Morgan fingerprint density at radius 2 is 1.76 bits per heavy atom. The third-order valence-electron chi connectivity index (χ3n) is 5.52. The second-order valence-electron chi connectivity index (χ2n) is 7.55. The van der Waals surface area contributed by atoms with E-state index in [4.69, 9.17) is 5.11 Å². The average molecular weight is 405 g/mol. The molecular weight excluding hydrogens is 381 g/mol. The van der Waals surface area contributed by atoms with Crippen molar-refractivity contribution in [1.82, 2.24) is 10.2 Å². The molecule has 156 valence electrons. The molecule has 0 radical (unpaired) electrons. The summed E-state index contributed by atoms with van der Waals surface area (Å²) in [6.07, 6.45) is 0.811. The zero-order chi connectivity index (χ0) is 21.1. The van der Waals surface area contributed by atoms with Gasteiger partial charge in [0, 0.05) is 31.7 Å². The maximum absolute atomic E-state index is 13.1. The van der Waals surface area contributed by atoms with Crippen LogP contribution in [0.15, 0.2) is 24.3 Å². The van der Waals surface area contributed by atoms with E-state index in [0.717, 1.165) is 0 Å². The van der Waals surface area contributed by atoms with Crippen LogP contribution in [-0.4, -0.2) is 59.4 Å². The smallest absolute Gasteiger partial charge is 0.306 e. The highest BCUT2D eigenvalue weighted by atomic mass is 19.1. The Bertz CT molecular complexity index is 805. The number of nitrogens with one attached hydrogen (secondary N) is 1. The van der Waals surface area contributed by atoms with Gasteiger partial charge in [0.25, 0.3) is 0 Å². The van der Waals surface area contributed by atoms with Gasteiger partial charge in [-0.05, 0) is 44.0 Å². The summed E-state index contributed by atoms with van der Waals surface area (Å²) in [5.41, 5.74) is 0.525. The molecule has 2 saturated heterocycles. The maximum atomic E-state index is 13.1. The molecule has 0 unspecified atom stereocenters. The summed E-state index contributed by atoms with van der Waals surface area (Å²) in [5, 5.41) is 11.7. The van der Waals surface area contributed by atoms with Crippen LogP contribution in [0.2, 0.25) is 0 Å². The van der Waals surface area contributed by atoms with Crippen LogP contribution in [0.3, 0.4) is 0 Å². The van der Waals surface area contributed by atoms with E-state index >= 15 is 0 Å². The third-order valence-corrected chi connectivity index (χ3v) is 5.52. The number of piperidine rings is 1. The Balaban J connectivity index is 1.53. The number of rotatable bonds is 5. The Kier molecular flexibility index (Phi) is 6.14. The lowest BCUT2D eigenvalue weighted by Crippen LogP contribution is -2.51. The fourth-order valence-corrected chi connectivity index (χ4v) is 3.77. The van der Waals surface area contributed by atoms with E-state index in [9.17, 15) is 23.6 Å². The Morgan fingerprint density at radius 3 is 2.34 bits per heavy atom. The van der Waals surface area contributed by atoms with Gasteiger partial charge < -0.3 is 20.2 Å². The Hall–Kier alpha value is -2.97. The topological polar surface area (TPSA) is 107 Å². The quantitative estimate of drug-likeness (QED) is 0.760. The summed E-state index contributed by atoms with van der Waals surface area (Å²) in [6, 6.07) is 4.72. The molecule has 2 atom stereocenters. The predicted molar refractivity (Wildman–Crippen MR) is 101 cm³/mol. The lowest BCUT2D eigenvalue weighted by atomic mass is 9.96. The summed E-state index contributed by atoms with van der Waals surface area (Å²) in [6.45, 7) is 2.44. The first-order valence-corrected chi connectivity index (χ1v) is 9.64. The van der Waals surface area contributed by atoms with Crippen molar-refractivity contribution in [2.45, 2.75) is 32.2 Å². The minimum absolute atomic E-state index is 0.0220. The van der Waals surface area contributed by atoms with Crippen LogP contribution in [-0.2, 0) is 19.2 Å². The van der Waals surface area contributed by atoms with Gasteiger partial charge in [-0.25, -0.2) is 4.39 Å². The van der Waals surface area contributed by atoms with Gasteiger partial charge in [-0.1, -0.05) is 0 Å². The van der Waals surface area contributed by atoms with Crippen LogP contribution >= 0.6 is 0 Å². The van der Waals surface area contributed by atoms with Crippen molar-refractivity contribution in [2.24, 2.45) is 11.8 Å². The normalized spacial score (nSPS) is 21.2. The molecule has 2 heterocycles. The van der Waals surface area contributed by atoms with Crippen molar-refractivity contribution >= 4 is 29.4 Å². The molecule has 0 bridgehead atoms. The SMILES string of the molecule is C[C@H](NC(=O)[C@@H]1CC(=O)N(c2ccc(F)cc2)C1)C(=O)N1CCC(C(=O)O)CC1. The summed E-state index contributed by atoms with van der Waals surface area (Å²) in [7, 11) is 0. The maximum Gasteiger partial charge on any atom is 0.306 e. The van der Waals surface area contributed by atoms with E-state index in [1.165, 1.54) is 29.2 Å². The first-order chi connectivity index (χ1) is 13.8. The summed E-state index contributed by atoms with van der Waals surface area (Å²) in [4.78, 5) is 51.4. The molecule has 3 amide bonds. The van der Waals surface area contributed by atoms with Crippen LogP contribution in [0.1, 0.15) is 26.2 Å². The van der Waals surface area contributed by atoms with E-state index in [2.05, 4.69) is 5.32 Å². The fourth-order valence-electron chi connectivity index (χ4n) is 3.77. The predicted octanol–water partition coefficient (Wildman–Crippen LogP) is 1.01. The number of benzene rings is 1. The number of likely N-dealkylation sites (tertiary alicyclic amines) is 1. The van der Waals surface area contributed by atoms with Crippen molar-refractivity contribution in [3.63, 3.8) is 0 Å². The van der Waals surface area contributed by atoms with E-state index in [1.807, 2.05) is 0 Å². The molecule has 8 nitrogen and oxygen atoms in total. The lowest BCUT2D eigenvalue weighted by Gasteiger charge is -2.32. The monoisotopic (exact) mass is 405 g/mol. The molecule has 1 aromatic carbocycles. The van der Waals surface area contributed by atoms with E-state index in [0.29, 0.717) is 31.6 Å². The summed E-state index contributed by atoms with van der Waals surface area (Å²) >= 11 is 0. The van der Waals surface area contributed by atoms with Crippen molar-refractivity contribution in [2.75, 3.05) is 24.5 Å². The molecule has 0 spiro atoms. The summed E-state index contributed by atoms with van der Waals surface area (Å²) in [5.74, 6) is -3.17. The largest absolute Gasteiger partial charge is 0.481 e. The van der Waals surface area contributed by atoms with Crippen molar-refractivity contribution < 1.29 is 28.7 Å². The molecule has 0 saturated carbocycles. The molecule has 3 rings (SSSR count). The molecule has 29 heavy (non-hydrogen) atoms. The molecule has 1 aromatic rings. The van der Waals surface area contributed by atoms with Gasteiger partial charge in [0.2, 0.25) is 17.7 Å². The van der Waals surface area contributed by atoms with Crippen LogP contribution in [0.5, 0.6) is 0 Å². The highest BCUT2D eigenvalue weighted by Crippen LogP contribution is 2.25. The zero-order valence-corrected chi connectivity index (χ0v) is 16.1.